The van der Waals surface area contributed by atoms with Gasteiger partial charge >= 0.3 is 0 Å². The maximum absolute atomic E-state index is 11.4. The molecule has 0 aliphatic heterocycles. The Morgan fingerprint density at radius 3 is 2.44 bits per heavy atom. The summed E-state index contributed by atoms with van der Waals surface area (Å²) < 4.78 is -1.94. The second-order valence-corrected chi connectivity index (χ2v) is 6.01. The molecule has 0 unspecified atom stereocenters. The Balaban J connectivity index is 2.83. The molecule has 5 heteroatoms. The summed E-state index contributed by atoms with van der Waals surface area (Å²) in [5.41, 5.74) is 1.74. The van der Waals surface area contributed by atoms with Gasteiger partial charge in [-0.05, 0) is 23.6 Å². The number of alkyl halides is 3. The van der Waals surface area contributed by atoms with Crippen LogP contribution in [0.3, 0.4) is 0 Å². The highest BCUT2D eigenvalue weighted by Crippen LogP contribution is 2.28. The first kappa shape index (κ1) is 13.6. The fourth-order valence-electron chi connectivity index (χ4n) is 1.18. The molecule has 1 aromatic rings. The van der Waals surface area contributed by atoms with Crippen LogP contribution < -0.4 is 5.32 Å². The first-order chi connectivity index (χ1) is 7.30. The van der Waals surface area contributed by atoms with E-state index in [2.05, 4.69) is 19.2 Å². The minimum Gasteiger partial charge on any atom is -0.322 e. The summed E-state index contributed by atoms with van der Waals surface area (Å²) in [6.07, 6.45) is 0. The van der Waals surface area contributed by atoms with E-state index in [-0.39, 0.29) is 0 Å². The summed E-state index contributed by atoms with van der Waals surface area (Å²) >= 11 is 16.4. The summed E-state index contributed by atoms with van der Waals surface area (Å²) in [7, 11) is 0. The number of rotatable bonds is 2. The molecule has 0 aliphatic carbocycles. The molecule has 0 fully saturated rings. The number of amides is 1. The fraction of sp³-hybridized carbons (Fsp3) is 0.364. The normalized spacial score (nSPS) is 11.6. The molecule has 1 rings (SSSR count). The Bertz CT molecular complexity index is 385. The van der Waals surface area contributed by atoms with Crippen molar-refractivity contribution in [2.75, 3.05) is 5.32 Å². The van der Waals surface area contributed by atoms with E-state index in [1.807, 2.05) is 18.2 Å². The van der Waals surface area contributed by atoms with E-state index in [0.29, 0.717) is 11.6 Å². The van der Waals surface area contributed by atoms with Crippen LogP contribution >= 0.6 is 34.8 Å². The van der Waals surface area contributed by atoms with E-state index >= 15 is 0 Å². The van der Waals surface area contributed by atoms with Crippen molar-refractivity contribution in [1.29, 1.82) is 0 Å². The van der Waals surface area contributed by atoms with Gasteiger partial charge in [-0.2, -0.15) is 0 Å². The van der Waals surface area contributed by atoms with Crippen molar-refractivity contribution < 1.29 is 4.79 Å². The fourth-order valence-corrected chi connectivity index (χ4v) is 1.32. The number of hydrogen-bond acceptors (Lipinski definition) is 1. The van der Waals surface area contributed by atoms with Crippen molar-refractivity contribution >= 4 is 46.4 Å². The van der Waals surface area contributed by atoms with Crippen LogP contribution in [0.25, 0.3) is 0 Å². The lowest BCUT2D eigenvalue weighted by Gasteiger charge is -2.13. The molecule has 88 valence electrons. The number of carbonyl (C=O) groups excluding carboxylic acids is 1. The van der Waals surface area contributed by atoms with Gasteiger partial charge in [0.2, 0.25) is 0 Å². The Kier molecular flexibility index (Phi) is 4.48. The van der Waals surface area contributed by atoms with Crippen LogP contribution in [-0.4, -0.2) is 9.70 Å². The molecule has 0 spiro atoms. The molecule has 2 nitrogen and oxygen atoms in total. The first-order valence-electron chi connectivity index (χ1n) is 4.79. The van der Waals surface area contributed by atoms with Gasteiger partial charge in [0.1, 0.15) is 0 Å². The van der Waals surface area contributed by atoms with Gasteiger partial charge in [0.15, 0.2) is 0 Å². The Hall–Kier alpha value is -0.440. The average Bonchev–Trinajstić information content (AvgIpc) is 2.16. The van der Waals surface area contributed by atoms with Gasteiger partial charge in [-0.1, -0.05) is 60.8 Å². The quantitative estimate of drug-likeness (QED) is 0.811. The second kappa shape index (κ2) is 5.26. The summed E-state index contributed by atoms with van der Waals surface area (Å²) in [4.78, 5) is 11.4. The van der Waals surface area contributed by atoms with Gasteiger partial charge < -0.3 is 5.32 Å². The van der Waals surface area contributed by atoms with E-state index in [1.54, 1.807) is 6.07 Å². The Labute approximate surface area is 110 Å². The maximum Gasteiger partial charge on any atom is 0.276 e. The number of benzene rings is 1. The lowest BCUT2D eigenvalue weighted by Crippen LogP contribution is -2.26. The monoisotopic (exact) mass is 279 g/mol. The van der Waals surface area contributed by atoms with Crippen molar-refractivity contribution in [3.8, 4) is 0 Å². The zero-order valence-corrected chi connectivity index (χ0v) is 11.2. The molecular weight excluding hydrogens is 268 g/mol. The van der Waals surface area contributed by atoms with E-state index in [0.717, 1.165) is 5.56 Å². The maximum atomic E-state index is 11.4. The zero-order valence-electron chi connectivity index (χ0n) is 8.93. The number of nitrogens with one attached hydrogen (secondary N) is 1. The Morgan fingerprint density at radius 1 is 1.31 bits per heavy atom. The van der Waals surface area contributed by atoms with Crippen molar-refractivity contribution in [3.05, 3.63) is 29.8 Å². The minimum atomic E-state index is -1.94. The lowest BCUT2D eigenvalue weighted by molar-refractivity contribution is -0.115. The third-order valence-electron chi connectivity index (χ3n) is 2.07. The molecule has 0 atom stereocenters. The predicted octanol–water partition coefficient (Wildman–Crippen LogP) is 4.12. The molecule has 0 radical (unpaired) electrons. The summed E-state index contributed by atoms with van der Waals surface area (Å²) in [5, 5.41) is 2.54. The van der Waals surface area contributed by atoms with Crippen LogP contribution in [-0.2, 0) is 4.79 Å². The summed E-state index contributed by atoms with van der Waals surface area (Å²) in [6.45, 7) is 4.13. The van der Waals surface area contributed by atoms with Crippen LogP contribution in [0.15, 0.2) is 24.3 Å². The SMILES string of the molecule is CC(C)c1cccc(NC(=O)C(Cl)(Cl)Cl)c1. The van der Waals surface area contributed by atoms with Crippen LogP contribution in [0.2, 0.25) is 0 Å². The predicted molar refractivity (Wildman–Crippen MR) is 69.5 cm³/mol. The molecule has 1 aromatic carbocycles. The third kappa shape index (κ3) is 3.85. The zero-order chi connectivity index (χ0) is 12.3. The average molecular weight is 281 g/mol. The van der Waals surface area contributed by atoms with Crippen LogP contribution in [0.4, 0.5) is 5.69 Å². The number of halogens is 3. The van der Waals surface area contributed by atoms with Crippen molar-refractivity contribution in [3.63, 3.8) is 0 Å². The number of anilines is 1. The third-order valence-corrected chi connectivity index (χ3v) is 2.58. The molecule has 0 aromatic heterocycles. The number of hydrogen-bond donors (Lipinski definition) is 1. The van der Waals surface area contributed by atoms with Gasteiger partial charge in [-0.25, -0.2) is 0 Å². The molecular formula is C11H12Cl3NO. The van der Waals surface area contributed by atoms with E-state index in [1.165, 1.54) is 0 Å². The highest BCUT2D eigenvalue weighted by atomic mass is 35.6. The Morgan fingerprint density at radius 2 is 1.94 bits per heavy atom. The molecule has 1 amide bonds. The van der Waals surface area contributed by atoms with Crippen molar-refractivity contribution in [1.82, 2.24) is 0 Å². The van der Waals surface area contributed by atoms with Gasteiger partial charge in [-0.3, -0.25) is 4.79 Å². The van der Waals surface area contributed by atoms with Gasteiger partial charge in [0, 0.05) is 5.69 Å². The van der Waals surface area contributed by atoms with Crippen molar-refractivity contribution in [2.45, 2.75) is 23.6 Å². The van der Waals surface area contributed by atoms with E-state index in [4.69, 9.17) is 34.8 Å². The van der Waals surface area contributed by atoms with E-state index in [9.17, 15) is 4.79 Å². The first-order valence-corrected chi connectivity index (χ1v) is 5.92. The highest BCUT2D eigenvalue weighted by Gasteiger charge is 2.30. The smallest absolute Gasteiger partial charge is 0.276 e. The van der Waals surface area contributed by atoms with Crippen molar-refractivity contribution in [2.24, 2.45) is 0 Å². The second-order valence-electron chi connectivity index (χ2n) is 3.73. The van der Waals surface area contributed by atoms with Crippen LogP contribution in [0.5, 0.6) is 0 Å². The van der Waals surface area contributed by atoms with Crippen LogP contribution in [0, 0.1) is 0 Å². The van der Waals surface area contributed by atoms with E-state index < -0.39 is 9.70 Å². The minimum absolute atomic E-state index is 0.379. The van der Waals surface area contributed by atoms with Crippen LogP contribution in [0.1, 0.15) is 25.3 Å². The summed E-state index contributed by atoms with van der Waals surface area (Å²) in [6, 6.07) is 7.44. The molecule has 1 N–H and O–H groups in total. The molecule has 0 saturated carbocycles. The topological polar surface area (TPSA) is 29.1 Å². The molecule has 0 bridgehead atoms. The molecule has 0 aliphatic rings. The molecule has 0 heterocycles. The van der Waals surface area contributed by atoms with Gasteiger partial charge in [0.25, 0.3) is 9.70 Å². The lowest BCUT2D eigenvalue weighted by atomic mass is 10.0. The summed E-state index contributed by atoms with van der Waals surface area (Å²) in [5.74, 6) is -0.275. The largest absolute Gasteiger partial charge is 0.322 e. The molecule has 0 saturated heterocycles. The van der Waals surface area contributed by atoms with Gasteiger partial charge in [0.05, 0.1) is 0 Å². The number of carbonyl (C=O) groups is 1. The standard InChI is InChI=1S/C11H12Cl3NO/c1-7(2)8-4-3-5-9(6-8)15-10(16)11(12,13)14/h3-7H,1-2H3,(H,15,16). The molecule has 16 heavy (non-hydrogen) atoms. The van der Waals surface area contributed by atoms with Gasteiger partial charge in [-0.15, -0.1) is 0 Å². The highest BCUT2D eigenvalue weighted by molar-refractivity contribution is 6.76.